The SMILES string of the molecule is CCc1c(Cl)cc(CC(=O)c2cc(Cl)c(CC)c(Cl)c2)cc1Cl. The highest BCUT2D eigenvalue weighted by atomic mass is 35.5. The molecule has 2 rings (SSSR count). The molecule has 0 aliphatic heterocycles. The third-order valence-electron chi connectivity index (χ3n) is 3.74. The van der Waals surface area contributed by atoms with E-state index < -0.39 is 0 Å². The van der Waals surface area contributed by atoms with Crippen molar-refractivity contribution >= 4 is 52.2 Å². The van der Waals surface area contributed by atoms with Crippen LogP contribution in [0.3, 0.4) is 0 Å². The van der Waals surface area contributed by atoms with Crippen LogP contribution >= 0.6 is 46.4 Å². The van der Waals surface area contributed by atoms with Crippen molar-refractivity contribution in [1.29, 1.82) is 0 Å². The number of hydrogen-bond donors (Lipinski definition) is 0. The van der Waals surface area contributed by atoms with Crippen LogP contribution in [-0.2, 0) is 19.3 Å². The van der Waals surface area contributed by atoms with E-state index in [-0.39, 0.29) is 12.2 Å². The van der Waals surface area contributed by atoms with Gasteiger partial charge in [0.05, 0.1) is 0 Å². The monoisotopic (exact) mass is 388 g/mol. The fourth-order valence-corrected chi connectivity index (χ4v) is 4.04. The zero-order valence-corrected chi connectivity index (χ0v) is 15.9. The van der Waals surface area contributed by atoms with Crippen molar-refractivity contribution in [3.63, 3.8) is 0 Å². The maximum Gasteiger partial charge on any atom is 0.167 e. The molecule has 0 radical (unpaired) electrons. The third kappa shape index (κ3) is 4.22. The molecule has 0 aliphatic carbocycles. The Hall–Kier alpha value is -0.730. The van der Waals surface area contributed by atoms with Crippen molar-refractivity contribution < 1.29 is 4.79 Å². The normalized spacial score (nSPS) is 10.9. The van der Waals surface area contributed by atoms with Gasteiger partial charge in [0, 0.05) is 32.1 Å². The summed E-state index contributed by atoms with van der Waals surface area (Å²) in [6, 6.07) is 6.90. The largest absolute Gasteiger partial charge is 0.294 e. The molecule has 0 saturated heterocycles. The second kappa shape index (κ2) is 7.90. The number of carbonyl (C=O) groups is 1. The molecule has 0 saturated carbocycles. The van der Waals surface area contributed by atoms with Gasteiger partial charge in [0.2, 0.25) is 0 Å². The first-order valence-electron chi connectivity index (χ1n) is 7.35. The third-order valence-corrected chi connectivity index (χ3v) is 5.08. The fraction of sp³-hybridized carbons (Fsp3) is 0.278. The van der Waals surface area contributed by atoms with Crippen molar-refractivity contribution in [1.82, 2.24) is 0 Å². The fourth-order valence-electron chi connectivity index (χ4n) is 2.48. The first-order chi connectivity index (χ1) is 10.9. The zero-order chi connectivity index (χ0) is 17.1. The number of rotatable bonds is 5. The van der Waals surface area contributed by atoms with Gasteiger partial charge in [0.15, 0.2) is 5.78 Å². The Morgan fingerprint density at radius 1 is 0.783 bits per heavy atom. The molecule has 0 fully saturated rings. The Morgan fingerprint density at radius 3 is 1.57 bits per heavy atom. The molecule has 0 bridgehead atoms. The number of hydrogen-bond acceptors (Lipinski definition) is 1. The van der Waals surface area contributed by atoms with Crippen molar-refractivity contribution in [3.8, 4) is 0 Å². The molecular formula is C18H16Cl4O. The highest BCUT2D eigenvalue weighted by Gasteiger charge is 2.14. The Labute approximate surface area is 156 Å². The van der Waals surface area contributed by atoms with E-state index in [1.165, 1.54) is 0 Å². The van der Waals surface area contributed by atoms with Gasteiger partial charge in [-0.15, -0.1) is 0 Å². The highest BCUT2D eigenvalue weighted by molar-refractivity contribution is 6.37. The summed E-state index contributed by atoms with van der Waals surface area (Å²) in [6.07, 6.45) is 1.66. The second-order valence-corrected chi connectivity index (χ2v) is 6.89. The molecule has 23 heavy (non-hydrogen) atoms. The van der Waals surface area contributed by atoms with Gasteiger partial charge in [-0.3, -0.25) is 4.79 Å². The molecule has 0 amide bonds. The number of benzene rings is 2. The standard InChI is InChI=1S/C18H16Cl4O/c1-3-12-14(19)5-10(6-15(12)20)7-18(23)11-8-16(21)13(4-2)17(22)9-11/h5-6,8-9H,3-4,7H2,1-2H3. The van der Waals surface area contributed by atoms with Crippen molar-refractivity contribution in [2.24, 2.45) is 0 Å². The summed E-state index contributed by atoms with van der Waals surface area (Å²) in [5.74, 6) is -0.0761. The second-order valence-electron chi connectivity index (χ2n) is 5.26. The molecule has 1 nitrogen and oxygen atoms in total. The van der Waals surface area contributed by atoms with Crippen LogP contribution in [-0.4, -0.2) is 5.78 Å². The van der Waals surface area contributed by atoms with E-state index in [1.807, 2.05) is 13.8 Å². The minimum absolute atomic E-state index is 0.0761. The summed E-state index contributed by atoms with van der Waals surface area (Å²) in [4.78, 5) is 12.5. The van der Waals surface area contributed by atoms with Crippen LogP contribution in [0.15, 0.2) is 24.3 Å². The summed E-state index contributed by atoms with van der Waals surface area (Å²) >= 11 is 24.8. The van der Waals surface area contributed by atoms with Crippen molar-refractivity contribution in [2.75, 3.05) is 0 Å². The number of carbonyl (C=O) groups excluding carboxylic acids is 1. The molecule has 122 valence electrons. The molecule has 0 aromatic heterocycles. The summed E-state index contributed by atoms with van der Waals surface area (Å²) in [6.45, 7) is 3.95. The van der Waals surface area contributed by atoms with Gasteiger partial charge in [-0.05, 0) is 53.8 Å². The lowest BCUT2D eigenvalue weighted by molar-refractivity contribution is 0.0993. The minimum Gasteiger partial charge on any atom is -0.294 e. The van der Waals surface area contributed by atoms with Gasteiger partial charge in [-0.1, -0.05) is 60.3 Å². The minimum atomic E-state index is -0.0761. The molecule has 0 heterocycles. The van der Waals surface area contributed by atoms with Crippen molar-refractivity contribution in [2.45, 2.75) is 33.1 Å². The van der Waals surface area contributed by atoms with E-state index in [0.29, 0.717) is 25.7 Å². The number of ketones is 1. The Bertz CT molecular complexity index is 707. The predicted molar refractivity (Wildman–Crippen MR) is 99.7 cm³/mol. The first-order valence-corrected chi connectivity index (χ1v) is 8.86. The lowest BCUT2D eigenvalue weighted by atomic mass is 10.00. The molecule has 2 aromatic rings. The van der Waals surface area contributed by atoms with Crippen LogP contribution in [0.1, 0.15) is 40.9 Å². The number of halogens is 4. The van der Waals surface area contributed by atoms with Crippen LogP contribution in [0.5, 0.6) is 0 Å². The summed E-state index contributed by atoms with van der Waals surface area (Å²) in [5, 5.41) is 2.20. The maximum absolute atomic E-state index is 12.5. The van der Waals surface area contributed by atoms with Crippen LogP contribution in [0.2, 0.25) is 20.1 Å². The molecule has 5 heteroatoms. The quantitative estimate of drug-likeness (QED) is 0.511. The van der Waals surface area contributed by atoms with E-state index in [2.05, 4.69) is 0 Å². The predicted octanol–water partition coefficient (Wildman–Crippen LogP) is 6.85. The topological polar surface area (TPSA) is 17.1 Å². The summed E-state index contributed by atoms with van der Waals surface area (Å²) in [7, 11) is 0. The van der Waals surface area contributed by atoms with Gasteiger partial charge in [-0.25, -0.2) is 0 Å². The van der Waals surface area contributed by atoms with Crippen LogP contribution in [0, 0.1) is 0 Å². The van der Waals surface area contributed by atoms with Gasteiger partial charge < -0.3 is 0 Å². The van der Waals surface area contributed by atoms with Crippen LogP contribution in [0.4, 0.5) is 0 Å². The molecule has 2 aromatic carbocycles. The molecule has 0 N–H and O–H groups in total. The average molecular weight is 390 g/mol. The molecular weight excluding hydrogens is 374 g/mol. The lowest BCUT2D eigenvalue weighted by Crippen LogP contribution is -2.05. The average Bonchev–Trinajstić information content (AvgIpc) is 2.46. The summed E-state index contributed by atoms with van der Waals surface area (Å²) in [5.41, 5.74) is 3.00. The molecule has 0 unspecified atom stereocenters. The van der Waals surface area contributed by atoms with E-state index in [1.54, 1.807) is 24.3 Å². The Kier molecular flexibility index (Phi) is 6.39. The first kappa shape index (κ1) is 18.6. The molecule has 0 atom stereocenters. The highest BCUT2D eigenvalue weighted by Crippen LogP contribution is 2.30. The zero-order valence-electron chi connectivity index (χ0n) is 12.9. The summed E-state index contributed by atoms with van der Waals surface area (Å²) < 4.78 is 0. The lowest BCUT2D eigenvalue weighted by Gasteiger charge is -2.10. The molecule has 0 aliphatic rings. The Balaban J connectivity index is 2.29. The molecule has 0 spiro atoms. The van der Waals surface area contributed by atoms with Crippen LogP contribution in [0.25, 0.3) is 0 Å². The van der Waals surface area contributed by atoms with Gasteiger partial charge in [0.25, 0.3) is 0 Å². The van der Waals surface area contributed by atoms with E-state index in [9.17, 15) is 4.79 Å². The van der Waals surface area contributed by atoms with E-state index in [4.69, 9.17) is 46.4 Å². The Morgan fingerprint density at radius 2 is 1.17 bits per heavy atom. The van der Waals surface area contributed by atoms with E-state index >= 15 is 0 Å². The smallest absolute Gasteiger partial charge is 0.167 e. The van der Waals surface area contributed by atoms with Crippen LogP contribution < -0.4 is 0 Å². The van der Waals surface area contributed by atoms with Gasteiger partial charge >= 0.3 is 0 Å². The van der Waals surface area contributed by atoms with Crippen molar-refractivity contribution in [3.05, 3.63) is 66.6 Å². The van der Waals surface area contributed by atoms with Gasteiger partial charge in [-0.2, -0.15) is 0 Å². The van der Waals surface area contributed by atoms with Gasteiger partial charge in [0.1, 0.15) is 0 Å². The van der Waals surface area contributed by atoms with E-state index in [0.717, 1.165) is 29.5 Å². The maximum atomic E-state index is 12.5. The number of Topliss-reactive ketones (excluding diaryl/α,β-unsaturated/α-hetero) is 1.